The summed E-state index contributed by atoms with van der Waals surface area (Å²) in [6.45, 7) is 5.99. The van der Waals surface area contributed by atoms with Crippen LogP contribution in [0.1, 0.15) is 59.5 Å². The Morgan fingerprint density at radius 3 is 2.60 bits per heavy atom. The molecule has 6 nitrogen and oxygen atoms in total. The van der Waals surface area contributed by atoms with Crippen LogP contribution < -0.4 is 4.90 Å². The Kier molecular flexibility index (Phi) is 5.50. The van der Waals surface area contributed by atoms with Crippen molar-refractivity contribution in [2.75, 3.05) is 18.1 Å². The monoisotopic (exact) mass is 408 g/mol. The van der Waals surface area contributed by atoms with Crippen LogP contribution in [0.25, 0.3) is 0 Å². The molecule has 1 saturated carbocycles. The molecule has 0 bridgehead atoms. The van der Waals surface area contributed by atoms with Crippen molar-refractivity contribution in [3.05, 3.63) is 52.8 Å². The van der Waals surface area contributed by atoms with Crippen LogP contribution in [0, 0.1) is 19.8 Å². The molecule has 2 heterocycles. The number of ether oxygens (including phenoxy) is 1. The molecule has 2 fully saturated rings. The molecule has 30 heavy (non-hydrogen) atoms. The van der Waals surface area contributed by atoms with Gasteiger partial charge in [0.05, 0.1) is 5.92 Å². The Balaban J connectivity index is 1.38. The van der Waals surface area contributed by atoms with Crippen molar-refractivity contribution >= 4 is 23.3 Å². The number of benzene rings is 1. The molecule has 2 aliphatic rings. The molecular weight excluding hydrogens is 380 g/mol. The number of aryl methyl sites for hydroxylation is 2. The highest BCUT2D eigenvalue weighted by molar-refractivity contribution is 6.01. The van der Waals surface area contributed by atoms with Crippen LogP contribution in [0.15, 0.2) is 30.3 Å². The number of amides is 1. The summed E-state index contributed by atoms with van der Waals surface area (Å²) in [6, 6.07) is 10.1. The first-order valence-electron chi connectivity index (χ1n) is 10.7. The van der Waals surface area contributed by atoms with E-state index in [1.165, 1.54) is 0 Å². The predicted molar refractivity (Wildman–Crippen MR) is 114 cm³/mol. The zero-order valence-corrected chi connectivity index (χ0v) is 17.8. The lowest BCUT2D eigenvalue weighted by atomic mass is 10.1. The molecule has 1 aliphatic carbocycles. The van der Waals surface area contributed by atoms with Crippen molar-refractivity contribution in [2.45, 2.75) is 52.5 Å². The number of carbonyl (C=O) groups excluding carboxylic acids is 3. The number of aromatic nitrogens is 1. The van der Waals surface area contributed by atoms with E-state index in [1.54, 1.807) is 4.90 Å². The fourth-order valence-electron chi connectivity index (χ4n) is 4.46. The van der Waals surface area contributed by atoms with Gasteiger partial charge in [0, 0.05) is 41.6 Å². The highest BCUT2D eigenvalue weighted by Crippen LogP contribution is 2.38. The van der Waals surface area contributed by atoms with Gasteiger partial charge in [-0.15, -0.1) is 0 Å². The van der Waals surface area contributed by atoms with E-state index < -0.39 is 11.9 Å². The Morgan fingerprint density at radius 1 is 1.17 bits per heavy atom. The molecule has 1 saturated heterocycles. The van der Waals surface area contributed by atoms with Gasteiger partial charge in [0.25, 0.3) is 0 Å². The first-order valence-corrected chi connectivity index (χ1v) is 10.7. The Morgan fingerprint density at radius 2 is 1.90 bits per heavy atom. The number of para-hydroxylation sites is 1. The van der Waals surface area contributed by atoms with Gasteiger partial charge in [-0.1, -0.05) is 25.1 Å². The van der Waals surface area contributed by atoms with Gasteiger partial charge in [-0.25, -0.2) is 0 Å². The fraction of sp³-hybridized carbons (Fsp3) is 0.458. The van der Waals surface area contributed by atoms with Crippen LogP contribution in [-0.4, -0.2) is 35.4 Å². The smallest absolute Gasteiger partial charge is 0.311 e. The van der Waals surface area contributed by atoms with Crippen molar-refractivity contribution < 1.29 is 19.1 Å². The number of hydrogen-bond donors (Lipinski definition) is 0. The predicted octanol–water partition coefficient (Wildman–Crippen LogP) is 3.78. The molecule has 1 aromatic carbocycles. The van der Waals surface area contributed by atoms with E-state index in [2.05, 4.69) is 4.57 Å². The van der Waals surface area contributed by atoms with Crippen molar-refractivity contribution in [3.8, 4) is 0 Å². The van der Waals surface area contributed by atoms with E-state index in [1.807, 2.05) is 51.1 Å². The number of ketones is 1. The van der Waals surface area contributed by atoms with Gasteiger partial charge in [0.1, 0.15) is 0 Å². The topological polar surface area (TPSA) is 68.6 Å². The first kappa shape index (κ1) is 20.4. The van der Waals surface area contributed by atoms with E-state index in [-0.39, 0.29) is 24.7 Å². The zero-order chi connectivity index (χ0) is 21.4. The van der Waals surface area contributed by atoms with E-state index in [9.17, 15) is 14.4 Å². The van der Waals surface area contributed by atoms with E-state index in [4.69, 9.17) is 4.74 Å². The lowest BCUT2D eigenvalue weighted by Crippen LogP contribution is -2.28. The molecule has 4 rings (SSSR count). The zero-order valence-electron chi connectivity index (χ0n) is 17.8. The molecule has 2 aromatic rings. The summed E-state index contributed by atoms with van der Waals surface area (Å²) in [6.07, 6.45) is 3.21. The summed E-state index contributed by atoms with van der Waals surface area (Å²) in [7, 11) is 0. The maximum absolute atomic E-state index is 12.7. The Labute approximate surface area is 176 Å². The lowest BCUT2D eigenvalue weighted by molar-refractivity contribution is -0.147. The van der Waals surface area contributed by atoms with Crippen LogP contribution >= 0.6 is 0 Å². The molecule has 158 valence electrons. The summed E-state index contributed by atoms with van der Waals surface area (Å²) in [5.74, 6) is -1.31. The fourth-order valence-corrected chi connectivity index (χ4v) is 4.46. The maximum Gasteiger partial charge on any atom is 0.311 e. The van der Waals surface area contributed by atoms with Crippen LogP contribution in [0.3, 0.4) is 0 Å². The third-order valence-corrected chi connectivity index (χ3v) is 6.16. The normalized spacial score (nSPS) is 18.7. The van der Waals surface area contributed by atoms with Crippen molar-refractivity contribution in [1.82, 2.24) is 4.57 Å². The van der Waals surface area contributed by atoms with Crippen LogP contribution in [0.4, 0.5) is 5.69 Å². The van der Waals surface area contributed by atoms with Gasteiger partial charge < -0.3 is 14.2 Å². The second kappa shape index (κ2) is 8.09. The molecule has 0 unspecified atom stereocenters. The lowest BCUT2D eigenvalue weighted by Gasteiger charge is -2.19. The van der Waals surface area contributed by atoms with E-state index in [0.29, 0.717) is 18.2 Å². The minimum Gasteiger partial charge on any atom is -0.457 e. The number of nitrogens with zero attached hydrogens (tertiary/aromatic N) is 2. The van der Waals surface area contributed by atoms with Gasteiger partial charge in [0.15, 0.2) is 6.61 Å². The second-order valence-corrected chi connectivity index (χ2v) is 8.30. The SMILES string of the molecule is CCc1ccccc1N1C[C@H](C(=O)OCC(=O)c2cc(C)n(C3CC3)c2C)CC1=O. The summed E-state index contributed by atoms with van der Waals surface area (Å²) in [5, 5.41) is 0. The highest BCUT2D eigenvalue weighted by Gasteiger charge is 2.37. The van der Waals surface area contributed by atoms with Gasteiger partial charge >= 0.3 is 5.97 Å². The number of anilines is 1. The minimum atomic E-state index is -0.547. The van der Waals surface area contributed by atoms with Crippen LogP contribution in [0.2, 0.25) is 0 Å². The standard InChI is InChI=1S/C24H28N2O4/c1-4-17-7-5-6-8-21(17)25-13-18(12-23(25)28)24(29)30-14-22(27)20-11-15(2)26(16(20)3)19-9-10-19/h5-8,11,18-19H,4,9-10,12-14H2,1-3H3/t18-/m1/s1. The number of rotatable bonds is 7. The molecule has 1 atom stereocenters. The molecule has 0 N–H and O–H groups in total. The summed E-state index contributed by atoms with van der Waals surface area (Å²) < 4.78 is 7.54. The van der Waals surface area contributed by atoms with Gasteiger partial charge in [-0.3, -0.25) is 14.4 Å². The number of hydrogen-bond acceptors (Lipinski definition) is 4. The van der Waals surface area contributed by atoms with Crippen LogP contribution in [0.5, 0.6) is 0 Å². The Hall–Kier alpha value is -2.89. The second-order valence-electron chi connectivity index (χ2n) is 8.30. The van der Waals surface area contributed by atoms with Crippen LogP contribution in [-0.2, 0) is 20.7 Å². The molecule has 6 heteroatoms. The summed E-state index contributed by atoms with van der Waals surface area (Å²) in [5.41, 5.74) is 4.55. The number of esters is 1. The van der Waals surface area contributed by atoms with Gasteiger partial charge in [0.2, 0.25) is 11.7 Å². The van der Waals surface area contributed by atoms with E-state index >= 15 is 0 Å². The summed E-state index contributed by atoms with van der Waals surface area (Å²) >= 11 is 0. The van der Waals surface area contributed by atoms with Crippen molar-refractivity contribution in [3.63, 3.8) is 0 Å². The molecule has 1 aromatic heterocycles. The average molecular weight is 408 g/mol. The highest BCUT2D eigenvalue weighted by atomic mass is 16.5. The molecular formula is C24H28N2O4. The average Bonchev–Trinajstić information content (AvgIpc) is 3.42. The van der Waals surface area contributed by atoms with Crippen molar-refractivity contribution in [2.24, 2.45) is 5.92 Å². The third-order valence-electron chi connectivity index (χ3n) is 6.16. The molecule has 0 radical (unpaired) electrons. The number of carbonyl (C=O) groups is 3. The maximum atomic E-state index is 12.7. The third kappa shape index (κ3) is 3.78. The van der Waals surface area contributed by atoms with Gasteiger partial charge in [-0.05, 0) is 50.8 Å². The number of Topliss-reactive ketones (excluding diaryl/α,β-unsaturated/α-hetero) is 1. The van der Waals surface area contributed by atoms with Gasteiger partial charge in [-0.2, -0.15) is 0 Å². The molecule has 1 amide bonds. The Bertz CT molecular complexity index is 1000. The quantitative estimate of drug-likeness (QED) is 0.516. The first-order chi connectivity index (χ1) is 14.4. The molecule has 1 aliphatic heterocycles. The minimum absolute atomic E-state index is 0.0860. The van der Waals surface area contributed by atoms with Crippen molar-refractivity contribution in [1.29, 1.82) is 0 Å². The largest absolute Gasteiger partial charge is 0.457 e. The molecule has 0 spiro atoms. The van der Waals surface area contributed by atoms with E-state index in [0.717, 1.165) is 41.9 Å². The summed E-state index contributed by atoms with van der Waals surface area (Å²) in [4.78, 5) is 39.4.